The maximum Gasteiger partial charge on any atom is 0.222 e. The Hall–Kier alpha value is -1.97. The number of anilines is 1. The molecule has 1 aromatic heterocycles. The van der Waals surface area contributed by atoms with Crippen molar-refractivity contribution in [1.82, 2.24) is 5.16 Å². The van der Waals surface area contributed by atoms with E-state index >= 15 is 0 Å². The minimum Gasteiger partial charge on any atom is -0.507 e. The summed E-state index contributed by atoms with van der Waals surface area (Å²) in [6, 6.07) is 7.08. The van der Waals surface area contributed by atoms with Crippen molar-refractivity contribution in [2.45, 2.75) is 26.2 Å². The van der Waals surface area contributed by atoms with Gasteiger partial charge in [0, 0.05) is 11.6 Å². The molecule has 1 heterocycles. The minimum absolute atomic E-state index is 0.0116. The predicted octanol–water partition coefficient (Wildman–Crippen LogP) is 2.93. The lowest BCUT2D eigenvalue weighted by Crippen LogP contribution is -2.10. The number of rotatable bonds is 1. The molecular weight excluding hydrogens is 216 g/mol. The fourth-order valence-electron chi connectivity index (χ4n) is 1.62. The average molecular weight is 232 g/mol. The monoisotopic (exact) mass is 232 g/mol. The van der Waals surface area contributed by atoms with E-state index in [0.29, 0.717) is 11.3 Å². The summed E-state index contributed by atoms with van der Waals surface area (Å²) in [5.74, 6) is 0.409. The van der Waals surface area contributed by atoms with E-state index in [1.54, 1.807) is 12.1 Å². The van der Waals surface area contributed by atoms with Gasteiger partial charge in [0.2, 0.25) is 5.88 Å². The highest BCUT2D eigenvalue weighted by Gasteiger charge is 2.17. The van der Waals surface area contributed by atoms with Crippen LogP contribution in [-0.4, -0.2) is 10.3 Å². The molecule has 0 saturated heterocycles. The zero-order chi connectivity index (χ0) is 12.6. The smallest absolute Gasteiger partial charge is 0.222 e. The van der Waals surface area contributed by atoms with E-state index in [-0.39, 0.29) is 17.0 Å². The van der Waals surface area contributed by atoms with Crippen molar-refractivity contribution in [2.24, 2.45) is 0 Å². The summed E-state index contributed by atoms with van der Waals surface area (Å²) in [6.07, 6.45) is 0. The van der Waals surface area contributed by atoms with Gasteiger partial charge in [-0.15, -0.1) is 0 Å². The molecule has 0 radical (unpaired) electrons. The highest BCUT2D eigenvalue weighted by molar-refractivity contribution is 5.69. The van der Waals surface area contributed by atoms with E-state index in [9.17, 15) is 5.11 Å². The van der Waals surface area contributed by atoms with Crippen LogP contribution < -0.4 is 5.73 Å². The first-order valence-electron chi connectivity index (χ1n) is 5.44. The zero-order valence-electron chi connectivity index (χ0n) is 10.2. The lowest BCUT2D eigenvalue weighted by atomic mass is 9.86. The summed E-state index contributed by atoms with van der Waals surface area (Å²) in [4.78, 5) is 0. The fraction of sp³-hybridized carbons (Fsp3) is 0.308. The molecule has 17 heavy (non-hydrogen) atoms. The second kappa shape index (κ2) is 3.80. The highest BCUT2D eigenvalue weighted by Crippen LogP contribution is 2.33. The summed E-state index contributed by atoms with van der Waals surface area (Å²) >= 11 is 0. The molecule has 0 amide bonds. The van der Waals surface area contributed by atoms with Crippen LogP contribution in [0, 0.1) is 0 Å². The quantitative estimate of drug-likeness (QED) is 0.792. The Balaban J connectivity index is 2.54. The normalized spacial score (nSPS) is 11.7. The molecule has 0 bridgehead atoms. The fourth-order valence-corrected chi connectivity index (χ4v) is 1.62. The van der Waals surface area contributed by atoms with Crippen molar-refractivity contribution < 1.29 is 9.63 Å². The maximum absolute atomic E-state index is 9.84. The van der Waals surface area contributed by atoms with Gasteiger partial charge in [-0.05, 0) is 23.1 Å². The van der Waals surface area contributed by atoms with Crippen LogP contribution in [0.3, 0.4) is 0 Å². The molecule has 2 rings (SSSR count). The first-order valence-corrected chi connectivity index (χ1v) is 5.44. The molecule has 0 fully saturated rings. The number of aromatic nitrogens is 1. The summed E-state index contributed by atoms with van der Waals surface area (Å²) in [7, 11) is 0. The molecule has 0 spiro atoms. The third-order valence-electron chi connectivity index (χ3n) is 2.67. The van der Waals surface area contributed by atoms with Crippen LogP contribution in [0.4, 0.5) is 5.88 Å². The van der Waals surface area contributed by atoms with E-state index in [0.717, 1.165) is 5.56 Å². The number of phenolic OH excluding ortho intramolecular Hbond substituents is 1. The van der Waals surface area contributed by atoms with Crippen LogP contribution in [0.25, 0.3) is 11.3 Å². The molecular formula is C13H16N2O2. The van der Waals surface area contributed by atoms with Crippen molar-refractivity contribution >= 4 is 5.88 Å². The number of nitrogens with zero attached hydrogens (tertiary/aromatic N) is 1. The van der Waals surface area contributed by atoms with Gasteiger partial charge in [0.05, 0.1) is 0 Å². The van der Waals surface area contributed by atoms with E-state index in [1.165, 1.54) is 0 Å². The maximum atomic E-state index is 9.84. The summed E-state index contributed by atoms with van der Waals surface area (Å²) in [5, 5.41) is 13.7. The summed E-state index contributed by atoms with van der Waals surface area (Å²) in [6.45, 7) is 6.33. The summed E-state index contributed by atoms with van der Waals surface area (Å²) in [5.41, 5.74) is 7.79. The molecule has 3 N–H and O–H groups in total. The van der Waals surface area contributed by atoms with Gasteiger partial charge in [0.25, 0.3) is 0 Å². The molecule has 4 nitrogen and oxygen atoms in total. The van der Waals surface area contributed by atoms with Crippen molar-refractivity contribution in [1.29, 1.82) is 0 Å². The van der Waals surface area contributed by atoms with Crippen LogP contribution >= 0.6 is 0 Å². The molecule has 1 aromatic carbocycles. The molecule has 4 heteroatoms. The standard InChI is InChI=1S/C13H16N2O2/c1-13(2,3)8-4-5-11(16)9(6-8)10-7-12(14)17-15-10/h4-7,16H,14H2,1-3H3. The number of hydrogen-bond donors (Lipinski definition) is 2. The SMILES string of the molecule is CC(C)(C)c1ccc(O)c(-c2cc(N)on2)c1. The molecule has 0 aliphatic heterocycles. The Morgan fingerprint density at radius 1 is 1.24 bits per heavy atom. The molecule has 2 aromatic rings. The second-order valence-corrected chi connectivity index (χ2v) is 5.10. The number of benzene rings is 1. The van der Waals surface area contributed by atoms with E-state index < -0.39 is 0 Å². The van der Waals surface area contributed by atoms with E-state index in [1.807, 2.05) is 12.1 Å². The van der Waals surface area contributed by atoms with Crippen molar-refractivity contribution in [3.8, 4) is 17.0 Å². The van der Waals surface area contributed by atoms with Gasteiger partial charge in [-0.1, -0.05) is 32.0 Å². The largest absolute Gasteiger partial charge is 0.507 e. The Morgan fingerprint density at radius 2 is 1.94 bits per heavy atom. The van der Waals surface area contributed by atoms with E-state index in [4.69, 9.17) is 10.3 Å². The Kier molecular flexibility index (Phi) is 2.58. The minimum atomic E-state index is 0.0116. The first kappa shape index (κ1) is 11.5. The Labute approximate surface area is 100 Å². The molecule has 0 aliphatic rings. The number of aromatic hydroxyl groups is 1. The van der Waals surface area contributed by atoms with Gasteiger partial charge >= 0.3 is 0 Å². The van der Waals surface area contributed by atoms with Crippen LogP contribution in [0.15, 0.2) is 28.8 Å². The number of hydrogen-bond acceptors (Lipinski definition) is 4. The lowest BCUT2D eigenvalue weighted by molar-refractivity contribution is 0.437. The van der Waals surface area contributed by atoms with Gasteiger partial charge in [-0.3, -0.25) is 0 Å². The van der Waals surface area contributed by atoms with Gasteiger partial charge in [-0.2, -0.15) is 0 Å². The lowest BCUT2D eigenvalue weighted by Gasteiger charge is -2.19. The molecule has 0 saturated carbocycles. The molecule has 90 valence electrons. The van der Waals surface area contributed by atoms with Gasteiger partial charge in [0.1, 0.15) is 11.4 Å². The Morgan fingerprint density at radius 3 is 2.47 bits per heavy atom. The Bertz CT molecular complexity index is 539. The van der Waals surface area contributed by atoms with Crippen molar-refractivity contribution in [3.05, 3.63) is 29.8 Å². The second-order valence-electron chi connectivity index (χ2n) is 5.10. The van der Waals surface area contributed by atoms with Gasteiger partial charge in [0.15, 0.2) is 0 Å². The zero-order valence-corrected chi connectivity index (χ0v) is 10.2. The molecule has 0 aliphatic carbocycles. The van der Waals surface area contributed by atoms with Crippen molar-refractivity contribution in [3.63, 3.8) is 0 Å². The molecule has 0 unspecified atom stereocenters. The van der Waals surface area contributed by atoms with Crippen LogP contribution in [-0.2, 0) is 5.41 Å². The van der Waals surface area contributed by atoms with E-state index in [2.05, 4.69) is 25.9 Å². The highest BCUT2D eigenvalue weighted by atomic mass is 16.5. The predicted molar refractivity (Wildman–Crippen MR) is 66.7 cm³/mol. The number of phenols is 1. The summed E-state index contributed by atoms with van der Waals surface area (Å²) < 4.78 is 4.82. The number of nitrogen functional groups attached to an aromatic ring is 1. The van der Waals surface area contributed by atoms with Gasteiger partial charge < -0.3 is 15.4 Å². The van der Waals surface area contributed by atoms with Crippen LogP contribution in [0.1, 0.15) is 26.3 Å². The van der Waals surface area contributed by atoms with Gasteiger partial charge in [-0.25, -0.2) is 0 Å². The first-order chi connectivity index (χ1) is 7.88. The average Bonchev–Trinajstić information content (AvgIpc) is 2.63. The third-order valence-corrected chi connectivity index (χ3v) is 2.67. The number of nitrogens with two attached hydrogens (primary N) is 1. The molecule has 0 atom stereocenters. The topological polar surface area (TPSA) is 72.3 Å². The van der Waals surface area contributed by atoms with Crippen molar-refractivity contribution in [2.75, 3.05) is 5.73 Å². The van der Waals surface area contributed by atoms with Crippen LogP contribution in [0.2, 0.25) is 0 Å². The third kappa shape index (κ3) is 2.25. The van der Waals surface area contributed by atoms with Crippen LogP contribution in [0.5, 0.6) is 5.75 Å².